The number of carbonyl (C=O) groups is 1. The van der Waals surface area contributed by atoms with Crippen LogP contribution < -0.4 is 5.32 Å². The van der Waals surface area contributed by atoms with Gasteiger partial charge in [0, 0.05) is 5.69 Å². The molecule has 2 rings (SSSR count). The van der Waals surface area contributed by atoms with Crippen molar-refractivity contribution in [1.82, 2.24) is 0 Å². The van der Waals surface area contributed by atoms with Crippen molar-refractivity contribution in [3.63, 3.8) is 0 Å². The van der Waals surface area contributed by atoms with Gasteiger partial charge in [-0.05, 0) is 36.1 Å². The van der Waals surface area contributed by atoms with E-state index in [1.165, 1.54) is 0 Å². The van der Waals surface area contributed by atoms with Crippen LogP contribution in [0.5, 0.6) is 0 Å². The van der Waals surface area contributed by atoms with Gasteiger partial charge in [0.2, 0.25) is 0 Å². The zero-order valence-corrected chi connectivity index (χ0v) is 7.53. The van der Waals surface area contributed by atoms with Crippen molar-refractivity contribution in [3.05, 3.63) is 29.3 Å². The number of nitrogens with one attached hydrogen (secondary N) is 1. The highest BCUT2D eigenvalue weighted by molar-refractivity contribution is 5.83. The molecule has 74 valence electrons. The van der Waals surface area contributed by atoms with Crippen LogP contribution in [-0.4, -0.2) is 22.4 Å². The Kier molecular flexibility index (Phi) is 2.13. The van der Waals surface area contributed by atoms with Gasteiger partial charge in [0.1, 0.15) is 0 Å². The lowest BCUT2D eigenvalue weighted by molar-refractivity contribution is 0.187. The molecule has 0 saturated carbocycles. The number of aliphatic hydroxyl groups is 1. The number of rotatable bonds is 1. The van der Waals surface area contributed by atoms with Gasteiger partial charge >= 0.3 is 6.09 Å². The van der Waals surface area contributed by atoms with E-state index in [-0.39, 0.29) is 6.10 Å². The molecule has 3 N–H and O–H groups in total. The molecule has 0 spiro atoms. The van der Waals surface area contributed by atoms with Crippen molar-refractivity contribution in [2.24, 2.45) is 0 Å². The first-order chi connectivity index (χ1) is 6.65. The molecule has 0 aromatic heterocycles. The van der Waals surface area contributed by atoms with Gasteiger partial charge in [0.05, 0.1) is 6.10 Å². The summed E-state index contributed by atoms with van der Waals surface area (Å²) in [6, 6.07) is 5.35. The Morgan fingerprint density at radius 1 is 1.36 bits per heavy atom. The molecule has 0 saturated heterocycles. The van der Waals surface area contributed by atoms with Crippen LogP contribution >= 0.6 is 0 Å². The molecule has 1 aliphatic carbocycles. The highest BCUT2D eigenvalue weighted by Gasteiger charge is 2.19. The summed E-state index contributed by atoms with van der Waals surface area (Å²) < 4.78 is 0. The van der Waals surface area contributed by atoms with E-state index in [2.05, 4.69) is 5.32 Å². The highest BCUT2D eigenvalue weighted by Crippen LogP contribution is 2.25. The van der Waals surface area contributed by atoms with Crippen molar-refractivity contribution in [2.45, 2.75) is 18.9 Å². The summed E-state index contributed by atoms with van der Waals surface area (Å²) in [4.78, 5) is 10.4. The normalized spacial score (nSPS) is 19.1. The molecule has 0 heterocycles. The van der Waals surface area contributed by atoms with E-state index in [1.54, 1.807) is 12.1 Å². The number of carboxylic acid groups (broad SMARTS) is 1. The summed E-state index contributed by atoms with van der Waals surface area (Å²) in [5.41, 5.74) is 2.70. The van der Waals surface area contributed by atoms with Gasteiger partial charge in [0.25, 0.3) is 0 Å². The summed E-state index contributed by atoms with van der Waals surface area (Å²) in [5, 5.41) is 20.2. The number of anilines is 1. The molecular weight excluding hydrogens is 182 g/mol. The Balaban J connectivity index is 2.24. The molecule has 0 aliphatic heterocycles. The number of hydrogen-bond donors (Lipinski definition) is 3. The SMILES string of the molecule is O=C(O)Nc1ccc2c(c1)CC(O)C2. The quantitative estimate of drug-likeness (QED) is 0.628. The van der Waals surface area contributed by atoms with Gasteiger partial charge < -0.3 is 10.2 Å². The Morgan fingerprint density at radius 3 is 2.79 bits per heavy atom. The molecule has 1 amide bonds. The van der Waals surface area contributed by atoms with Crippen molar-refractivity contribution < 1.29 is 15.0 Å². The molecule has 4 heteroatoms. The summed E-state index contributed by atoms with van der Waals surface area (Å²) in [7, 11) is 0. The maximum atomic E-state index is 10.4. The zero-order chi connectivity index (χ0) is 10.1. The van der Waals surface area contributed by atoms with E-state index in [1.807, 2.05) is 6.07 Å². The Morgan fingerprint density at radius 2 is 2.07 bits per heavy atom. The van der Waals surface area contributed by atoms with Crippen molar-refractivity contribution >= 4 is 11.8 Å². The average molecular weight is 193 g/mol. The molecule has 1 unspecified atom stereocenters. The van der Waals surface area contributed by atoms with E-state index in [9.17, 15) is 9.90 Å². The van der Waals surface area contributed by atoms with Crippen molar-refractivity contribution in [3.8, 4) is 0 Å². The summed E-state index contributed by atoms with van der Waals surface area (Å²) in [6.45, 7) is 0. The second kappa shape index (κ2) is 3.31. The number of fused-ring (bicyclic) bond motifs is 1. The third kappa shape index (κ3) is 1.70. The van der Waals surface area contributed by atoms with Crippen molar-refractivity contribution in [2.75, 3.05) is 5.32 Å². The van der Waals surface area contributed by atoms with Crippen LogP contribution in [0.15, 0.2) is 18.2 Å². The molecule has 14 heavy (non-hydrogen) atoms. The van der Waals surface area contributed by atoms with Crippen LogP contribution in [0.25, 0.3) is 0 Å². The molecular formula is C10H11NO3. The minimum atomic E-state index is -1.07. The monoisotopic (exact) mass is 193 g/mol. The fourth-order valence-corrected chi connectivity index (χ4v) is 1.80. The molecule has 1 aliphatic rings. The van der Waals surface area contributed by atoms with Gasteiger partial charge in [-0.2, -0.15) is 0 Å². The third-order valence-electron chi connectivity index (χ3n) is 2.37. The first kappa shape index (κ1) is 9.02. The summed E-state index contributed by atoms with van der Waals surface area (Å²) in [5.74, 6) is 0. The Bertz CT molecular complexity index is 376. The summed E-state index contributed by atoms with van der Waals surface area (Å²) >= 11 is 0. The van der Waals surface area contributed by atoms with Crippen molar-refractivity contribution in [1.29, 1.82) is 0 Å². The maximum Gasteiger partial charge on any atom is 0.409 e. The highest BCUT2D eigenvalue weighted by atomic mass is 16.4. The average Bonchev–Trinajstić information content (AvgIpc) is 2.42. The van der Waals surface area contributed by atoms with Crippen LogP contribution in [0.2, 0.25) is 0 Å². The van der Waals surface area contributed by atoms with Gasteiger partial charge in [-0.15, -0.1) is 0 Å². The predicted octanol–water partition coefficient (Wildman–Crippen LogP) is 1.24. The second-order valence-electron chi connectivity index (χ2n) is 3.48. The number of hydrogen-bond acceptors (Lipinski definition) is 2. The van der Waals surface area contributed by atoms with Crippen LogP contribution in [0.3, 0.4) is 0 Å². The van der Waals surface area contributed by atoms with Crippen LogP contribution in [0, 0.1) is 0 Å². The van der Waals surface area contributed by atoms with E-state index >= 15 is 0 Å². The molecule has 1 aromatic carbocycles. The minimum absolute atomic E-state index is 0.315. The van der Waals surface area contributed by atoms with Crippen LogP contribution in [-0.2, 0) is 12.8 Å². The largest absolute Gasteiger partial charge is 0.465 e. The lowest BCUT2D eigenvalue weighted by atomic mass is 10.1. The molecule has 4 nitrogen and oxygen atoms in total. The Labute approximate surface area is 81.2 Å². The fourth-order valence-electron chi connectivity index (χ4n) is 1.80. The van der Waals surface area contributed by atoms with Gasteiger partial charge in [-0.25, -0.2) is 4.79 Å². The first-order valence-corrected chi connectivity index (χ1v) is 4.45. The van der Waals surface area contributed by atoms with E-state index < -0.39 is 6.09 Å². The Hall–Kier alpha value is -1.55. The van der Waals surface area contributed by atoms with Gasteiger partial charge in [0.15, 0.2) is 0 Å². The molecule has 1 aromatic rings. The van der Waals surface area contributed by atoms with Gasteiger partial charge in [-0.3, -0.25) is 5.32 Å². The zero-order valence-electron chi connectivity index (χ0n) is 7.53. The van der Waals surface area contributed by atoms with Crippen LogP contribution in [0.4, 0.5) is 10.5 Å². The first-order valence-electron chi connectivity index (χ1n) is 4.45. The summed E-state index contributed by atoms with van der Waals surface area (Å²) in [6.07, 6.45) is -0.0961. The topological polar surface area (TPSA) is 69.6 Å². The minimum Gasteiger partial charge on any atom is -0.465 e. The number of benzene rings is 1. The predicted molar refractivity (Wildman–Crippen MR) is 51.5 cm³/mol. The molecule has 1 atom stereocenters. The standard InChI is InChI=1S/C10H11NO3/c12-9-4-6-1-2-8(11-10(13)14)3-7(6)5-9/h1-3,9,11-12H,4-5H2,(H,13,14). The van der Waals surface area contributed by atoms with E-state index in [0.29, 0.717) is 18.5 Å². The number of aliphatic hydroxyl groups excluding tert-OH is 1. The fraction of sp³-hybridized carbons (Fsp3) is 0.300. The van der Waals surface area contributed by atoms with E-state index in [4.69, 9.17) is 5.11 Å². The van der Waals surface area contributed by atoms with Crippen LogP contribution in [0.1, 0.15) is 11.1 Å². The van der Waals surface area contributed by atoms with E-state index in [0.717, 1.165) is 11.1 Å². The smallest absolute Gasteiger partial charge is 0.409 e. The maximum absolute atomic E-state index is 10.4. The lowest BCUT2D eigenvalue weighted by Gasteiger charge is -2.03. The second-order valence-corrected chi connectivity index (χ2v) is 3.48. The number of amides is 1. The molecule has 0 bridgehead atoms. The van der Waals surface area contributed by atoms with Gasteiger partial charge in [-0.1, -0.05) is 6.07 Å². The lowest BCUT2D eigenvalue weighted by Crippen LogP contribution is -2.07. The molecule has 0 fully saturated rings. The third-order valence-corrected chi connectivity index (χ3v) is 2.37. The molecule has 0 radical (unpaired) electrons.